The molecule has 2 aromatic rings. The van der Waals surface area contributed by atoms with E-state index in [1.165, 1.54) is 18.1 Å². The first-order chi connectivity index (χ1) is 23.8. The maximum absolute atomic E-state index is 17.6. The average molecular weight is 703 g/mol. The summed E-state index contributed by atoms with van der Waals surface area (Å²) >= 11 is 0. The van der Waals surface area contributed by atoms with E-state index in [4.69, 9.17) is 4.74 Å². The number of ether oxygens (including phenoxy) is 1. The number of alkyl halides is 4. The normalized spacial score (nSPS) is 26.5. The first-order valence-electron chi connectivity index (χ1n) is 17.6. The fourth-order valence-corrected chi connectivity index (χ4v) is 8.44. The number of benzene rings is 2. The van der Waals surface area contributed by atoms with Crippen molar-refractivity contribution in [1.82, 2.24) is 14.7 Å². The summed E-state index contributed by atoms with van der Waals surface area (Å²) in [6, 6.07) is 10.6. The number of hydrogen-bond donors (Lipinski definition) is 1. The smallest absolute Gasteiger partial charge is 0.416 e. The second-order valence-corrected chi connectivity index (χ2v) is 14.3. The Morgan fingerprint density at radius 3 is 2.22 bits per heavy atom. The molecule has 0 aliphatic carbocycles. The molecular formula is C37H46F4N4O5. The van der Waals surface area contributed by atoms with E-state index in [-0.39, 0.29) is 50.5 Å². The van der Waals surface area contributed by atoms with Crippen LogP contribution < -0.4 is 9.64 Å². The average Bonchev–Trinajstić information content (AvgIpc) is 3.87. The van der Waals surface area contributed by atoms with E-state index < -0.39 is 41.1 Å². The van der Waals surface area contributed by atoms with Gasteiger partial charge >= 0.3 is 12.1 Å². The molecule has 272 valence electrons. The molecule has 0 bridgehead atoms. The predicted molar refractivity (Wildman–Crippen MR) is 179 cm³/mol. The number of carbonyl (C=O) groups is 3. The Morgan fingerprint density at radius 1 is 0.940 bits per heavy atom. The van der Waals surface area contributed by atoms with Gasteiger partial charge in [-0.05, 0) is 67.0 Å². The molecule has 0 spiro atoms. The van der Waals surface area contributed by atoms with Gasteiger partial charge in [-0.2, -0.15) is 13.2 Å². The van der Waals surface area contributed by atoms with E-state index >= 15 is 4.39 Å². The van der Waals surface area contributed by atoms with Crippen molar-refractivity contribution in [2.75, 3.05) is 70.9 Å². The zero-order valence-corrected chi connectivity index (χ0v) is 28.6. The summed E-state index contributed by atoms with van der Waals surface area (Å²) in [5.41, 5.74) is -1.47. The first kappa shape index (κ1) is 35.9. The van der Waals surface area contributed by atoms with Crippen LogP contribution in [-0.2, 0) is 20.6 Å². The molecule has 1 N–H and O–H groups in total. The maximum atomic E-state index is 17.6. The Bertz CT molecular complexity index is 1560. The monoisotopic (exact) mass is 702 g/mol. The fourth-order valence-electron chi connectivity index (χ4n) is 8.44. The van der Waals surface area contributed by atoms with Crippen molar-refractivity contribution in [2.45, 2.75) is 62.7 Å². The zero-order chi connectivity index (χ0) is 35.8. The number of methoxy groups -OCH3 is 1. The largest absolute Gasteiger partial charge is 0.497 e. The SMILES string of the molecule is CC[C@H]1CN(C(=O)[C@]2(F)CN(CC(=O)N3CCCC3)C[C@H]2c2ccc(OC)cc2)C[C@@H]1c1ccc(C(F)(F)F)cc1N1CCC(C(=O)O)CC1. The van der Waals surface area contributed by atoms with Crippen LogP contribution in [0, 0.1) is 11.8 Å². The van der Waals surface area contributed by atoms with Gasteiger partial charge in [-0.1, -0.05) is 31.5 Å². The van der Waals surface area contributed by atoms with Crippen molar-refractivity contribution in [2.24, 2.45) is 11.8 Å². The van der Waals surface area contributed by atoms with Gasteiger partial charge in [0.05, 0.1) is 25.1 Å². The highest BCUT2D eigenvalue weighted by atomic mass is 19.4. The topological polar surface area (TPSA) is 93.6 Å². The lowest BCUT2D eigenvalue weighted by Gasteiger charge is -2.35. The highest BCUT2D eigenvalue weighted by Gasteiger charge is 2.57. The van der Waals surface area contributed by atoms with Gasteiger partial charge < -0.3 is 24.5 Å². The van der Waals surface area contributed by atoms with E-state index in [1.807, 2.05) is 11.8 Å². The number of carboxylic acids is 1. The van der Waals surface area contributed by atoms with E-state index in [0.29, 0.717) is 68.0 Å². The minimum Gasteiger partial charge on any atom is -0.497 e. The Labute approximate surface area is 290 Å². The van der Waals surface area contributed by atoms with Crippen molar-refractivity contribution in [3.63, 3.8) is 0 Å². The number of likely N-dealkylation sites (tertiary alicyclic amines) is 3. The van der Waals surface area contributed by atoms with Crippen molar-refractivity contribution in [3.8, 4) is 5.75 Å². The molecule has 4 atom stereocenters. The summed E-state index contributed by atoms with van der Waals surface area (Å²) in [7, 11) is 1.54. The van der Waals surface area contributed by atoms with Crippen LogP contribution in [0.2, 0.25) is 0 Å². The van der Waals surface area contributed by atoms with Gasteiger partial charge in [0.2, 0.25) is 11.6 Å². The molecule has 4 saturated heterocycles. The zero-order valence-electron chi connectivity index (χ0n) is 28.6. The van der Waals surface area contributed by atoms with Crippen LogP contribution in [0.4, 0.5) is 23.2 Å². The van der Waals surface area contributed by atoms with E-state index in [1.54, 1.807) is 34.1 Å². The molecule has 9 nitrogen and oxygen atoms in total. The van der Waals surface area contributed by atoms with Crippen LogP contribution in [0.15, 0.2) is 42.5 Å². The van der Waals surface area contributed by atoms with Gasteiger partial charge in [0.1, 0.15) is 5.75 Å². The number of carbonyl (C=O) groups excluding carboxylic acids is 2. The van der Waals surface area contributed by atoms with Gasteiger partial charge in [0, 0.05) is 69.9 Å². The molecule has 2 aromatic carbocycles. The molecule has 4 heterocycles. The third kappa shape index (κ3) is 7.15. The number of hydrogen-bond acceptors (Lipinski definition) is 6. The van der Waals surface area contributed by atoms with Gasteiger partial charge in [0.15, 0.2) is 0 Å². The summed E-state index contributed by atoms with van der Waals surface area (Å²) in [5.74, 6) is -2.96. The Balaban J connectivity index is 1.28. The van der Waals surface area contributed by atoms with E-state index in [9.17, 15) is 32.7 Å². The summed E-state index contributed by atoms with van der Waals surface area (Å²) in [6.45, 7) is 4.21. The number of nitrogens with zero attached hydrogens (tertiary/aromatic N) is 4. The number of halogens is 4. The second-order valence-electron chi connectivity index (χ2n) is 14.3. The summed E-state index contributed by atoms with van der Waals surface area (Å²) in [4.78, 5) is 46.0. The van der Waals surface area contributed by atoms with Crippen molar-refractivity contribution < 1.29 is 41.8 Å². The standard InChI is InChI=1S/C37H46F4N4O5/c1-3-24-19-45(20-30(24)29-11-8-27(37(39,40)41)18-32(29)43-16-12-26(13-17-43)34(47)48)35(49)36(38)23-42(22-33(46)44-14-4-5-15-44)21-31(36)25-6-9-28(50-2)10-7-25/h6-11,18,24,26,30-31H,3-5,12-17,19-23H2,1-2H3,(H,47,48)/t24-,30-,31-,36-/m0/s1. The number of rotatable bonds is 9. The lowest BCUT2D eigenvalue weighted by atomic mass is 9.84. The molecule has 50 heavy (non-hydrogen) atoms. The highest BCUT2D eigenvalue weighted by Crippen LogP contribution is 2.46. The Hall–Kier alpha value is -3.87. The molecule has 0 unspecified atom stereocenters. The first-order valence-corrected chi connectivity index (χ1v) is 17.6. The van der Waals surface area contributed by atoms with Gasteiger partial charge in [-0.3, -0.25) is 19.3 Å². The molecule has 0 aromatic heterocycles. The fraction of sp³-hybridized carbons (Fsp3) is 0.595. The third-order valence-electron chi connectivity index (χ3n) is 11.3. The number of aliphatic carboxylic acids is 1. The summed E-state index contributed by atoms with van der Waals surface area (Å²) < 4.78 is 64.7. The lowest BCUT2D eigenvalue weighted by Crippen LogP contribution is -2.50. The lowest BCUT2D eigenvalue weighted by molar-refractivity contribution is -0.144. The molecular weight excluding hydrogens is 656 g/mol. The maximum Gasteiger partial charge on any atom is 0.416 e. The second kappa shape index (κ2) is 14.4. The summed E-state index contributed by atoms with van der Waals surface area (Å²) in [6.07, 6.45) is -1.47. The van der Waals surface area contributed by atoms with Gasteiger partial charge in [-0.15, -0.1) is 0 Å². The Morgan fingerprint density at radius 2 is 1.62 bits per heavy atom. The van der Waals surface area contributed by atoms with Crippen molar-refractivity contribution in [3.05, 3.63) is 59.2 Å². The molecule has 4 aliphatic heterocycles. The number of amides is 2. The van der Waals surface area contributed by atoms with Crippen LogP contribution >= 0.6 is 0 Å². The third-order valence-corrected chi connectivity index (χ3v) is 11.3. The van der Waals surface area contributed by atoms with Crippen LogP contribution in [0.1, 0.15) is 67.6 Å². The highest BCUT2D eigenvalue weighted by molar-refractivity contribution is 5.88. The van der Waals surface area contributed by atoms with Crippen LogP contribution in [0.25, 0.3) is 0 Å². The molecule has 2 amide bonds. The molecule has 0 saturated carbocycles. The van der Waals surface area contributed by atoms with E-state index in [2.05, 4.69) is 0 Å². The van der Waals surface area contributed by atoms with Gasteiger partial charge in [0.25, 0.3) is 5.91 Å². The quantitative estimate of drug-likeness (QED) is 0.350. The van der Waals surface area contributed by atoms with Crippen LogP contribution in [0.3, 0.4) is 0 Å². The minimum atomic E-state index is -4.57. The minimum absolute atomic E-state index is 0.0132. The van der Waals surface area contributed by atoms with Crippen LogP contribution in [0.5, 0.6) is 5.75 Å². The molecule has 6 rings (SSSR count). The van der Waals surface area contributed by atoms with Gasteiger partial charge in [-0.25, -0.2) is 4.39 Å². The molecule has 13 heteroatoms. The number of carboxylic acid groups (broad SMARTS) is 1. The molecule has 4 fully saturated rings. The van der Waals surface area contributed by atoms with E-state index in [0.717, 1.165) is 25.0 Å². The number of anilines is 1. The number of piperidine rings is 1. The summed E-state index contributed by atoms with van der Waals surface area (Å²) in [5, 5.41) is 9.49. The Kier molecular flexibility index (Phi) is 10.3. The predicted octanol–water partition coefficient (Wildman–Crippen LogP) is 5.40. The van der Waals surface area contributed by atoms with Crippen LogP contribution in [-0.4, -0.2) is 109 Å². The van der Waals surface area contributed by atoms with Crippen molar-refractivity contribution in [1.29, 1.82) is 0 Å². The molecule has 4 aliphatic rings. The molecule has 0 radical (unpaired) electrons. The van der Waals surface area contributed by atoms with Crippen molar-refractivity contribution >= 4 is 23.5 Å².